The van der Waals surface area contributed by atoms with Gasteiger partial charge in [-0.15, -0.1) is 0 Å². The third-order valence-corrected chi connectivity index (χ3v) is 4.65. The predicted octanol–water partition coefficient (Wildman–Crippen LogP) is 4.39. The van der Waals surface area contributed by atoms with Gasteiger partial charge in [-0.2, -0.15) is 5.10 Å². The van der Waals surface area contributed by atoms with Crippen molar-refractivity contribution in [3.05, 3.63) is 90.0 Å². The molecule has 0 saturated carbocycles. The maximum Gasteiger partial charge on any atom is 0.329 e. The zero-order valence-corrected chi connectivity index (χ0v) is 15.8. The van der Waals surface area contributed by atoms with Crippen LogP contribution in [0.2, 0.25) is 0 Å². The van der Waals surface area contributed by atoms with Crippen molar-refractivity contribution in [3.8, 4) is 0 Å². The molecule has 0 fully saturated rings. The summed E-state index contributed by atoms with van der Waals surface area (Å²) in [6.07, 6.45) is 1.59. The first-order chi connectivity index (χ1) is 14.1. The Bertz CT molecular complexity index is 1210. The Morgan fingerprint density at radius 1 is 0.793 bits per heavy atom. The molecule has 2 N–H and O–H groups in total. The summed E-state index contributed by atoms with van der Waals surface area (Å²) in [5, 5.41) is 10.8. The molecule has 0 unspecified atom stereocenters. The molecule has 29 heavy (non-hydrogen) atoms. The molecule has 0 aliphatic heterocycles. The van der Waals surface area contributed by atoms with Crippen LogP contribution in [0, 0.1) is 6.92 Å². The van der Waals surface area contributed by atoms with Gasteiger partial charge in [0.25, 0.3) is 0 Å². The number of amides is 2. The molecule has 0 aliphatic rings. The molecule has 0 aromatic heterocycles. The average Bonchev–Trinajstić information content (AvgIpc) is 2.73. The molecule has 5 nitrogen and oxygen atoms in total. The Hall–Kier alpha value is -3.99. The van der Waals surface area contributed by atoms with Gasteiger partial charge in [-0.05, 0) is 52.2 Å². The van der Waals surface area contributed by atoms with Crippen molar-refractivity contribution in [2.45, 2.75) is 6.92 Å². The highest BCUT2D eigenvalue weighted by Crippen LogP contribution is 2.27. The number of nitrogens with zero attached hydrogens (tertiary/aromatic N) is 1. The second-order valence-electron chi connectivity index (χ2n) is 6.76. The summed E-state index contributed by atoms with van der Waals surface area (Å²) in [4.78, 5) is 24.2. The third kappa shape index (κ3) is 3.99. The number of hydrogen-bond donors (Lipinski definition) is 2. The van der Waals surface area contributed by atoms with Crippen LogP contribution >= 0.6 is 0 Å². The average molecular weight is 381 g/mol. The minimum absolute atomic E-state index is 0.564. The van der Waals surface area contributed by atoms with Gasteiger partial charge in [0.05, 0.1) is 6.21 Å². The van der Waals surface area contributed by atoms with Crippen LogP contribution in [0.25, 0.3) is 21.5 Å². The molecule has 2 amide bonds. The Kier molecular flexibility index (Phi) is 5.03. The standard InChI is InChI=1S/C24H19N3O2/c1-16-7-6-10-19(13-16)26-23(28)24(29)27-25-15-22-20-11-4-2-8-17(20)14-18-9-3-5-12-21(18)22/h2-15H,1H3,(H,26,28)(H,27,29)/b25-15+. The van der Waals surface area contributed by atoms with Crippen molar-refractivity contribution < 1.29 is 9.59 Å². The Labute approximate surface area is 168 Å². The van der Waals surface area contributed by atoms with Gasteiger partial charge in [-0.3, -0.25) is 9.59 Å². The van der Waals surface area contributed by atoms with Gasteiger partial charge in [0, 0.05) is 11.3 Å². The van der Waals surface area contributed by atoms with Crippen molar-refractivity contribution in [1.82, 2.24) is 5.43 Å². The summed E-state index contributed by atoms with van der Waals surface area (Å²) < 4.78 is 0. The van der Waals surface area contributed by atoms with Crippen molar-refractivity contribution >= 4 is 45.3 Å². The van der Waals surface area contributed by atoms with Crippen LogP contribution in [0.1, 0.15) is 11.1 Å². The number of fused-ring (bicyclic) bond motifs is 2. The predicted molar refractivity (Wildman–Crippen MR) is 117 cm³/mol. The maximum absolute atomic E-state index is 12.1. The van der Waals surface area contributed by atoms with Crippen molar-refractivity contribution in [2.24, 2.45) is 5.10 Å². The smallest absolute Gasteiger partial charge is 0.318 e. The number of carbonyl (C=O) groups excluding carboxylic acids is 2. The second-order valence-corrected chi connectivity index (χ2v) is 6.76. The van der Waals surface area contributed by atoms with E-state index in [1.165, 1.54) is 0 Å². The van der Waals surface area contributed by atoms with E-state index in [0.717, 1.165) is 32.7 Å². The molecule has 4 rings (SSSR count). The summed E-state index contributed by atoms with van der Waals surface area (Å²) >= 11 is 0. The number of hydrogen-bond acceptors (Lipinski definition) is 3. The fourth-order valence-corrected chi connectivity index (χ4v) is 3.30. The molecule has 0 heterocycles. The third-order valence-electron chi connectivity index (χ3n) is 4.65. The van der Waals surface area contributed by atoms with Crippen LogP contribution in [-0.4, -0.2) is 18.0 Å². The molecule has 0 atom stereocenters. The first-order valence-electron chi connectivity index (χ1n) is 9.23. The van der Waals surface area contributed by atoms with Crippen LogP contribution in [-0.2, 0) is 9.59 Å². The summed E-state index contributed by atoms with van der Waals surface area (Å²) in [7, 11) is 0. The minimum Gasteiger partial charge on any atom is -0.318 e. The van der Waals surface area contributed by atoms with Crippen molar-refractivity contribution in [2.75, 3.05) is 5.32 Å². The highest BCUT2D eigenvalue weighted by molar-refractivity contribution is 6.39. The summed E-state index contributed by atoms with van der Waals surface area (Å²) in [6, 6.07) is 25.3. The number of anilines is 1. The molecule has 0 radical (unpaired) electrons. The lowest BCUT2D eigenvalue weighted by atomic mass is 9.97. The van der Waals surface area contributed by atoms with Gasteiger partial charge in [-0.1, -0.05) is 60.7 Å². The minimum atomic E-state index is -0.827. The Morgan fingerprint density at radius 2 is 1.45 bits per heavy atom. The lowest BCUT2D eigenvalue weighted by Gasteiger charge is -2.08. The zero-order valence-electron chi connectivity index (χ0n) is 15.8. The fourth-order valence-electron chi connectivity index (χ4n) is 3.30. The number of carbonyl (C=O) groups is 2. The van der Waals surface area contributed by atoms with E-state index in [2.05, 4.69) is 21.9 Å². The molecular weight excluding hydrogens is 362 g/mol. The summed E-state index contributed by atoms with van der Waals surface area (Å²) in [5.41, 5.74) is 4.75. The molecular formula is C24H19N3O2. The van der Waals surface area contributed by atoms with E-state index < -0.39 is 11.8 Å². The summed E-state index contributed by atoms with van der Waals surface area (Å²) in [5.74, 6) is -1.59. The molecule has 0 aliphatic carbocycles. The van der Waals surface area contributed by atoms with Crippen LogP contribution in [0.3, 0.4) is 0 Å². The van der Waals surface area contributed by atoms with Gasteiger partial charge in [0.15, 0.2) is 0 Å². The molecule has 0 spiro atoms. The monoisotopic (exact) mass is 381 g/mol. The Morgan fingerprint density at radius 3 is 2.10 bits per heavy atom. The van der Waals surface area contributed by atoms with E-state index in [0.29, 0.717) is 5.69 Å². The van der Waals surface area contributed by atoms with Gasteiger partial charge >= 0.3 is 11.8 Å². The van der Waals surface area contributed by atoms with Crippen LogP contribution in [0.4, 0.5) is 5.69 Å². The maximum atomic E-state index is 12.1. The fraction of sp³-hybridized carbons (Fsp3) is 0.0417. The number of benzene rings is 4. The molecule has 5 heteroatoms. The molecule has 4 aromatic rings. The second kappa shape index (κ2) is 7.94. The van der Waals surface area contributed by atoms with E-state index >= 15 is 0 Å². The molecule has 0 saturated heterocycles. The van der Waals surface area contributed by atoms with Gasteiger partial charge in [-0.25, -0.2) is 5.43 Å². The largest absolute Gasteiger partial charge is 0.329 e. The topological polar surface area (TPSA) is 70.6 Å². The first-order valence-corrected chi connectivity index (χ1v) is 9.23. The van der Waals surface area contributed by atoms with E-state index in [1.54, 1.807) is 18.3 Å². The highest BCUT2D eigenvalue weighted by atomic mass is 16.2. The zero-order chi connectivity index (χ0) is 20.2. The van der Waals surface area contributed by atoms with Gasteiger partial charge < -0.3 is 5.32 Å². The molecule has 4 aromatic carbocycles. The number of rotatable bonds is 3. The lowest BCUT2D eigenvalue weighted by molar-refractivity contribution is -0.136. The normalized spacial score (nSPS) is 11.1. The molecule has 142 valence electrons. The van der Waals surface area contributed by atoms with Crippen molar-refractivity contribution in [3.63, 3.8) is 0 Å². The van der Waals surface area contributed by atoms with E-state index in [1.807, 2.05) is 67.6 Å². The summed E-state index contributed by atoms with van der Waals surface area (Å²) in [6.45, 7) is 1.91. The van der Waals surface area contributed by atoms with Gasteiger partial charge in [0.1, 0.15) is 0 Å². The number of aryl methyl sites for hydroxylation is 1. The van der Waals surface area contributed by atoms with E-state index in [9.17, 15) is 9.59 Å². The first kappa shape index (κ1) is 18.4. The Balaban J connectivity index is 1.56. The van der Waals surface area contributed by atoms with Crippen molar-refractivity contribution in [1.29, 1.82) is 0 Å². The van der Waals surface area contributed by atoms with E-state index in [-0.39, 0.29) is 0 Å². The number of nitrogens with one attached hydrogen (secondary N) is 2. The number of hydrazone groups is 1. The highest BCUT2D eigenvalue weighted by Gasteiger charge is 2.13. The lowest BCUT2D eigenvalue weighted by Crippen LogP contribution is -2.32. The van der Waals surface area contributed by atoms with Crippen LogP contribution < -0.4 is 10.7 Å². The SMILES string of the molecule is Cc1cccc(NC(=O)C(=O)N/N=C/c2c3ccccc3cc3ccccc23)c1. The quantitative estimate of drug-likeness (QED) is 0.239. The van der Waals surface area contributed by atoms with Gasteiger partial charge in [0.2, 0.25) is 0 Å². The van der Waals surface area contributed by atoms with Crippen LogP contribution in [0.15, 0.2) is 84.0 Å². The van der Waals surface area contributed by atoms with Crippen LogP contribution in [0.5, 0.6) is 0 Å². The molecule has 0 bridgehead atoms. The van der Waals surface area contributed by atoms with E-state index in [4.69, 9.17) is 0 Å².